The van der Waals surface area contributed by atoms with Crippen LogP contribution < -0.4 is 5.11 Å². The number of carboxylic acid groups (broad SMARTS) is 1. The van der Waals surface area contributed by atoms with E-state index in [0.717, 1.165) is 25.7 Å². The van der Waals surface area contributed by atoms with Crippen molar-refractivity contribution in [1.82, 2.24) is 0 Å². The zero-order chi connectivity index (χ0) is 10.4. The van der Waals surface area contributed by atoms with E-state index < -0.39 is 11.4 Å². The van der Waals surface area contributed by atoms with E-state index >= 15 is 0 Å². The molecule has 0 bridgehead atoms. The van der Waals surface area contributed by atoms with Crippen LogP contribution >= 0.6 is 0 Å². The molecule has 1 rings (SSSR count). The Kier molecular flexibility index (Phi) is 4.43. The Morgan fingerprint density at radius 1 is 1.14 bits per heavy atom. The lowest BCUT2D eigenvalue weighted by Gasteiger charge is -2.15. The zero-order valence-electron chi connectivity index (χ0n) is 9.18. The SMILES string of the molecule is CCCCCCCCC1(C(=O)[O-])CC1. The molecule has 0 N–H and O–H groups in total. The minimum Gasteiger partial charge on any atom is -0.550 e. The molecular weight excluding hydrogens is 176 g/mol. The summed E-state index contributed by atoms with van der Waals surface area (Å²) in [7, 11) is 0. The minimum absolute atomic E-state index is 0.398. The lowest BCUT2D eigenvalue weighted by Crippen LogP contribution is -2.32. The van der Waals surface area contributed by atoms with Crippen LogP contribution in [0.15, 0.2) is 0 Å². The molecule has 0 saturated heterocycles. The molecule has 0 aromatic heterocycles. The smallest absolute Gasteiger partial charge is 0.0476 e. The monoisotopic (exact) mass is 197 g/mol. The van der Waals surface area contributed by atoms with Crippen molar-refractivity contribution in [3.05, 3.63) is 0 Å². The van der Waals surface area contributed by atoms with Gasteiger partial charge in [0.2, 0.25) is 0 Å². The van der Waals surface area contributed by atoms with Crippen LogP contribution in [0, 0.1) is 5.41 Å². The van der Waals surface area contributed by atoms with Crippen LogP contribution in [-0.4, -0.2) is 5.97 Å². The van der Waals surface area contributed by atoms with Crippen LogP contribution in [0.25, 0.3) is 0 Å². The van der Waals surface area contributed by atoms with E-state index in [-0.39, 0.29) is 0 Å². The summed E-state index contributed by atoms with van der Waals surface area (Å²) < 4.78 is 0. The molecule has 1 aliphatic carbocycles. The third kappa shape index (κ3) is 3.32. The summed E-state index contributed by atoms with van der Waals surface area (Å²) >= 11 is 0. The van der Waals surface area contributed by atoms with Crippen LogP contribution in [0.2, 0.25) is 0 Å². The number of carbonyl (C=O) groups excluding carboxylic acids is 1. The molecule has 1 fully saturated rings. The molecule has 82 valence electrons. The van der Waals surface area contributed by atoms with Crippen LogP contribution in [-0.2, 0) is 4.79 Å². The van der Waals surface area contributed by atoms with Crippen LogP contribution in [0.5, 0.6) is 0 Å². The molecule has 0 aromatic carbocycles. The number of carbonyl (C=O) groups is 1. The van der Waals surface area contributed by atoms with E-state index in [2.05, 4.69) is 6.92 Å². The van der Waals surface area contributed by atoms with Gasteiger partial charge in [0.05, 0.1) is 0 Å². The number of hydrogen-bond donors (Lipinski definition) is 0. The minimum atomic E-state index is -0.814. The Morgan fingerprint density at radius 3 is 2.21 bits per heavy atom. The second-order valence-corrected chi connectivity index (χ2v) is 4.59. The Hall–Kier alpha value is -0.530. The lowest BCUT2D eigenvalue weighted by atomic mass is 9.98. The van der Waals surface area contributed by atoms with E-state index in [9.17, 15) is 9.90 Å². The van der Waals surface area contributed by atoms with Crippen molar-refractivity contribution in [1.29, 1.82) is 0 Å². The Balaban J connectivity index is 1.96. The van der Waals surface area contributed by atoms with Crippen molar-refractivity contribution in [2.45, 2.75) is 64.7 Å². The fourth-order valence-corrected chi connectivity index (χ4v) is 1.95. The largest absolute Gasteiger partial charge is 0.550 e. The number of carboxylic acids is 1. The molecule has 0 heterocycles. The summed E-state index contributed by atoms with van der Waals surface area (Å²) in [6.45, 7) is 2.20. The summed E-state index contributed by atoms with van der Waals surface area (Å²) in [5.74, 6) is -0.814. The van der Waals surface area contributed by atoms with Crippen LogP contribution in [0.1, 0.15) is 64.7 Å². The van der Waals surface area contributed by atoms with Gasteiger partial charge in [0.1, 0.15) is 0 Å². The first-order valence-electron chi connectivity index (χ1n) is 5.93. The maximum atomic E-state index is 10.7. The highest BCUT2D eigenvalue weighted by Gasteiger charge is 2.43. The van der Waals surface area contributed by atoms with Crippen molar-refractivity contribution < 1.29 is 9.90 Å². The normalized spacial score (nSPS) is 18.1. The molecule has 1 aliphatic rings. The van der Waals surface area contributed by atoms with Gasteiger partial charge >= 0.3 is 0 Å². The Bertz CT molecular complexity index is 183. The van der Waals surface area contributed by atoms with E-state index in [4.69, 9.17) is 0 Å². The number of hydrogen-bond acceptors (Lipinski definition) is 2. The second-order valence-electron chi connectivity index (χ2n) is 4.59. The van der Waals surface area contributed by atoms with E-state index in [1.54, 1.807) is 0 Å². The van der Waals surface area contributed by atoms with Gasteiger partial charge in [-0.05, 0) is 19.3 Å². The topological polar surface area (TPSA) is 40.1 Å². The summed E-state index contributed by atoms with van der Waals surface area (Å²) in [6, 6.07) is 0. The van der Waals surface area contributed by atoms with Crippen molar-refractivity contribution >= 4 is 5.97 Å². The predicted octanol–water partition coefficient (Wildman–Crippen LogP) is 2.27. The Labute approximate surface area is 86.7 Å². The average Bonchev–Trinajstić information content (AvgIpc) is 2.92. The maximum Gasteiger partial charge on any atom is 0.0476 e. The third-order valence-electron chi connectivity index (χ3n) is 3.30. The van der Waals surface area contributed by atoms with Gasteiger partial charge in [-0.25, -0.2) is 0 Å². The van der Waals surface area contributed by atoms with Gasteiger partial charge in [0, 0.05) is 11.4 Å². The van der Waals surface area contributed by atoms with Crippen molar-refractivity contribution in [2.75, 3.05) is 0 Å². The average molecular weight is 197 g/mol. The first-order valence-corrected chi connectivity index (χ1v) is 5.93. The van der Waals surface area contributed by atoms with Gasteiger partial charge in [0.15, 0.2) is 0 Å². The van der Waals surface area contributed by atoms with Crippen molar-refractivity contribution in [2.24, 2.45) is 5.41 Å². The van der Waals surface area contributed by atoms with Gasteiger partial charge in [-0.1, -0.05) is 45.4 Å². The molecule has 2 heteroatoms. The zero-order valence-corrected chi connectivity index (χ0v) is 9.18. The molecule has 0 unspecified atom stereocenters. The highest BCUT2D eigenvalue weighted by atomic mass is 16.4. The molecule has 1 saturated carbocycles. The molecule has 0 aliphatic heterocycles. The summed E-state index contributed by atoms with van der Waals surface area (Å²) in [6.07, 6.45) is 9.95. The van der Waals surface area contributed by atoms with Crippen molar-refractivity contribution in [3.8, 4) is 0 Å². The fraction of sp³-hybridized carbons (Fsp3) is 0.917. The lowest BCUT2D eigenvalue weighted by molar-refractivity contribution is -0.314. The van der Waals surface area contributed by atoms with Gasteiger partial charge in [-0.3, -0.25) is 0 Å². The van der Waals surface area contributed by atoms with E-state index in [0.29, 0.717) is 0 Å². The molecule has 0 amide bonds. The molecule has 14 heavy (non-hydrogen) atoms. The summed E-state index contributed by atoms with van der Waals surface area (Å²) in [5.41, 5.74) is -0.398. The van der Waals surface area contributed by atoms with Gasteiger partial charge in [-0.15, -0.1) is 0 Å². The second kappa shape index (κ2) is 5.38. The highest BCUT2D eigenvalue weighted by Crippen LogP contribution is 2.49. The predicted molar refractivity (Wildman–Crippen MR) is 54.7 cm³/mol. The quantitative estimate of drug-likeness (QED) is 0.560. The Morgan fingerprint density at radius 2 is 1.71 bits per heavy atom. The first-order chi connectivity index (χ1) is 6.71. The molecular formula is C12H21O2-. The fourth-order valence-electron chi connectivity index (χ4n) is 1.95. The molecule has 0 spiro atoms. The standard InChI is InChI=1S/C12H22O2/c1-2-3-4-5-6-7-8-12(9-10-12)11(13)14/h2-10H2,1H3,(H,13,14)/p-1. The number of unbranched alkanes of at least 4 members (excludes halogenated alkanes) is 5. The molecule has 0 radical (unpaired) electrons. The molecule has 0 aromatic rings. The van der Waals surface area contributed by atoms with Crippen LogP contribution in [0.3, 0.4) is 0 Å². The van der Waals surface area contributed by atoms with Gasteiger partial charge in [-0.2, -0.15) is 0 Å². The maximum absolute atomic E-state index is 10.7. The number of rotatable bonds is 8. The van der Waals surface area contributed by atoms with E-state index in [1.165, 1.54) is 32.1 Å². The molecule has 0 atom stereocenters. The van der Waals surface area contributed by atoms with E-state index in [1.807, 2.05) is 0 Å². The highest BCUT2D eigenvalue weighted by molar-refractivity contribution is 5.75. The first kappa shape index (κ1) is 11.5. The van der Waals surface area contributed by atoms with Gasteiger partial charge in [0.25, 0.3) is 0 Å². The van der Waals surface area contributed by atoms with Crippen molar-refractivity contribution in [3.63, 3.8) is 0 Å². The number of aliphatic carboxylic acids is 1. The van der Waals surface area contributed by atoms with Gasteiger partial charge < -0.3 is 9.90 Å². The van der Waals surface area contributed by atoms with Crippen LogP contribution in [0.4, 0.5) is 0 Å². The molecule has 2 nitrogen and oxygen atoms in total. The summed E-state index contributed by atoms with van der Waals surface area (Å²) in [4.78, 5) is 10.7. The third-order valence-corrected chi connectivity index (χ3v) is 3.30. The summed E-state index contributed by atoms with van der Waals surface area (Å²) in [5, 5.41) is 10.7.